The van der Waals surface area contributed by atoms with E-state index in [0.717, 1.165) is 11.1 Å². The van der Waals surface area contributed by atoms with Crippen LogP contribution in [0, 0.1) is 0 Å². The Labute approximate surface area is 143 Å². The van der Waals surface area contributed by atoms with Crippen LogP contribution in [0.1, 0.15) is 24.1 Å². The molecule has 128 valence electrons. The number of alkyl halides is 2. The number of rotatable bonds is 6. The molecule has 0 saturated carbocycles. The number of carbonyl (C=O) groups excluding carboxylic acids is 1. The van der Waals surface area contributed by atoms with E-state index in [2.05, 4.69) is 15.4 Å². The third-order valence-corrected chi connectivity index (χ3v) is 3.57. The van der Waals surface area contributed by atoms with Gasteiger partial charge in [0.05, 0.1) is 6.04 Å². The zero-order valence-corrected chi connectivity index (χ0v) is 13.7. The van der Waals surface area contributed by atoms with Gasteiger partial charge in [0.15, 0.2) is 0 Å². The van der Waals surface area contributed by atoms with Gasteiger partial charge in [0.25, 0.3) is 0 Å². The standard InChI is InChI=1S/C17H17ClF2N2O2/c1-11(13-4-8-15(9-5-13)24-16(19)20)22-17(23)21-10-12-2-6-14(18)7-3-12/h2-9,11,16H,10H2,1H3,(H2,21,22,23). The molecule has 0 bridgehead atoms. The minimum atomic E-state index is -2.86. The second-order valence-electron chi connectivity index (χ2n) is 5.12. The van der Waals surface area contributed by atoms with Crippen LogP contribution in [-0.4, -0.2) is 12.6 Å². The van der Waals surface area contributed by atoms with Crippen molar-refractivity contribution in [2.24, 2.45) is 0 Å². The number of amides is 2. The Bertz CT molecular complexity index is 663. The predicted molar refractivity (Wildman–Crippen MR) is 88.3 cm³/mol. The van der Waals surface area contributed by atoms with Crippen molar-refractivity contribution in [1.82, 2.24) is 10.6 Å². The SMILES string of the molecule is CC(NC(=O)NCc1ccc(Cl)cc1)c1ccc(OC(F)F)cc1. The van der Waals surface area contributed by atoms with Crippen molar-refractivity contribution in [1.29, 1.82) is 0 Å². The molecule has 0 radical (unpaired) electrons. The minimum absolute atomic E-state index is 0.0770. The fourth-order valence-corrected chi connectivity index (χ4v) is 2.18. The van der Waals surface area contributed by atoms with E-state index in [0.29, 0.717) is 11.6 Å². The number of hydrogen-bond acceptors (Lipinski definition) is 2. The van der Waals surface area contributed by atoms with E-state index >= 15 is 0 Å². The molecule has 2 N–H and O–H groups in total. The molecule has 4 nitrogen and oxygen atoms in total. The molecule has 0 spiro atoms. The maximum absolute atomic E-state index is 12.1. The number of halogens is 3. The van der Waals surface area contributed by atoms with Crippen molar-refractivity contribution in [2.75, 3.05) is 0 Å². The third kappa shape index (κ3) is 5.70. The molecule has 0 aliphatic rings. The van der Waals surface area contributed by atoms with Gasteiger partial charge in [-0.2, -0.15) is 8.78 Å². The fourth-order valence-electron chi connectivity index (χ4n) is 2.05. The molecular weight excluding hydrogens is 338 g/mol. The first kappa shape index (κ1) is 18.0. The van der Waals surface area contributed by atoms with E-state index < -0.39 is 6.61 Å². The highest BCUT2D eigenvalue weighted by Crippen LogP contribution is 2.19. The first-order chi connectivity index (χ1) is 11.4. The molecule has 2 rings (SSSR count). The first-order valence-corrected chi connectivity index (χ1v) is 7.65. The van der Waals surface area contributed by atoms with Crippen LogP contribution in [0.4, 0.5) is 13.6 Å². The average Bonchev–Trinajstić information content (AvgIpc) is 2.54. The van der Waals surface area contributed by atoms with Gasteiger partial charge in [-0.05, 0) is 42.3 Å². The highest BCUT2D eigenvalue weighted by molar-refractivity contribution is 6.30. The molecule has 0 aliphatic heterocycles. The number of nitrogens with one attached hydrogen (secondary N) is 2. The summed E-state index contributed by atoms with van der Waals surface area (Å²) >= 11 is 5.80. The quantitative estimate of drug-likeness (QED) is 0.802. The Morgan fingerprint density at radius 1 is 1.12 bits per heavy atom. The van der Waals surface area contributed by atoms with Crippen molar-refractivity contribution in [3.63, 3.8) is 0 Å². The van der Waals surface area contributed by atoms with Crippen molar-refractivity contribution >= 4 is 17.6 Å². The molecule has 0 heterocycles. The summed E-state index contributed by atoms with van der Waals surface area (Å²) in [6.07, 6.45) is 0. The molecule has 1 atom stereocenters. The lowest BCUT2D eigenvalue weighted by Gasteiger charge is -2.15. The largest absolute Gasteiger partial charge is 0.435 e. The van der Waals surface area contributed by atoms with Gasteiger partial charge in [-0.15, -0.1) is 0 Å². The lowest BCUT2D eigenvalue weighted by molar-refractivity contribution is -0.0498. The third-order valence-electron chi connectivity index (χ3n) is 3.32. The van der Waals surface area contributed by atoms with Crippen LogP contribution in [-0.2, 0) is 6.54 Å². The lowest BCUT2D eigenvalue weighted by atomic mass is 10.1. The van der Waals surface area contributed by atoms with Crippen molar-refractivity contribution in [3.05, 3.63) is 64.7 Å². The van der Waals surface area contributed by atoms with Crippen molar-refractivity contribution in [3.8, 4) is 5.75 Å². The van der Waals surface area contributed by atoms with Crippen LogP contribution in [0.2, 0.25) is 5.02 Å². The van der Waals surface area contributed by atoms with Crippen LogP contribution in [0.25, 0.3) is 0 Å². The van der Waals surface area contributed by atoms with Crippen LogP contribution in [0.3, 0.4) is 0 Å². The summed E-state index contributed by atoms with van der Waals surface area (Å²) in [4.78, 5) is 11.9. The highest BCUT2D eigenvalue weighted by atomic mass is 35.5. The van der Waals surface area contributed by atoms with Crippen LogP contribution >= 0.6 is 11.6 Å². The molecular formula is C17H17ClF2N2O2. The van der Waals surface area contributed by atoms with Crippen LogP contribution in [0.15, 0.2) is 48.5 Å². The predicted octanol–water partition coefficient (Wildman–Crippen LogP) is 4.50. The molecule has 2 aromatic rings. The molecule has 0 fully saturated rings. The van der Waals surface area contributed by atoms with Gasteiger partial charge in [-0.25, -0.2) is 4.79 Å². The first-order valence-electron chi connectivity index (χ1n) is 7.27. The number of urea groups is 1. The van der Waals surface area contributed by atoms with Gasteiger partial charge < -0.3 is 15.4 Å². The summed E-state index contributed by atoms with van der Waals surface area (Å²) in [7, 11) is 0. The van der Waals surface area contributed by atoms with E-state index in [1.54, 1.807) is 31.2 Å². The normalized spacial score (nSPS) is 11.9. The second-order valence-corrected chi connectivity index (χ2v) is 5.56. The summed E-state index contributed by atoms with van der Waals surface area (Å²) in [5.41, 5.74) is 1.70. The van der Waals surface area contributed by atoms with Gasteiger partial charge in [-0.1, -0.05) is 35.9 Å². The molecule has 7 heteroatoms. The number of ether oxygens (including phenoxy) is 1. The summed E-state index contributed by atoms with van der Waals surface area (Å²) in [5.74, 6) is 0.0770. The van der Waals surface area contributed by atoms with Crippen LogP contribution < -0.4 is 15.4 Å². The second kappa shape index (κ2) is 8.49. The molecule has 0 saturated heterocycles. The molecule has 2 amide bonds. The number of carbonyl (C=O) groups is 1. The van der Waals surface area contributed by atoms with Gasteiger partial charge >= 0.3 is 12.6 Å². The Kier molecular flexibility index (Phi) is 6.37. The molecule has 0 aliphatic carbocycles. The van der Waals surface area contributed by atoms with E-state index in [1.807, 2.05) is 12.1 Å². The van der Waals surface area contributed by atoms with Gasteiger partial charge in [0, 0.05) is 11.6 Å². The summed E-state index contributed by atoms with van der Waals surface area (Å²) in [5, 5.41) is 6.15. The topological polar surface area (TPSA) is 50.4 Å². The Hall–Kier alpha value is -2.34. The zero-order chi connectivity index (χ0) is 17.5. The van der Waals surface area contributed by atoms with E-state index in [4.69, 9.17) is 11.6 Å². The maximum Gasteiger partial charge on any atom is 0.387 e. The molecule has 24 heavy (non-hydrogen) atoms. The van der Waals surface area contributed by atoms with Crippen LogP contribution in [0.5, 0.6) is 5.75 Å². The van der Waals surface area contributed by atoms with Crippen molar-refractivity contribution in [2.45, 2.75) is 26.1 Å². The minimum Gasteiger partial charge on any atom is -0.435 e. The molecule has 2 aromatic carbocycles. The number of hydrogen-bond donors (Lipinski definition) is 2. The van der Waals surface area contributed by atoms with E-state index in [1.165, 1.54) is 12.1 Å². The molecule has 1 unspecified atom stereocenters. The lowest BCUT2D eigenvalue weighted by Crippen LogP contribution is -2.36. The summed E-state index contributed by atoms with van der Waals surface area (Å²) in [6, 6.07) is 12.7. The van der Waals surface area contributed by atoms with Gasteiger partial charge in [0.1, 0.15) is 5.75 Å². The fraction of sp³-hybridized carbons (Fsp3) is 0.235. The van der Waals surface area contributed by atoms with Gasteiger partial charge in [0.2, 0.25) is 0 Å². The Morgan fingerprint density at radius 2 is 1.75 bits per heavy atom. The Morgan fingerprint density at radius 3 is 2.33 bits per heavy atom. The van der Waals surface area contributed by atoms with Crippen molar-refractivity contribution < 1.29 is 18.3 Å². The maximum atomic E-state index is 12.1. The highest BCUT2D eigenvalue weighted by Gasteiger charge is 2.10. The van der Waals surface area contributed by atoms with Gasteiger partial charge in [-0.3, -0.25) is 0 Å². The Balaban J connectivity index is 1.83. The zero-order valence-electron chi connectivity index (χ0n) is 12.9. The average molecular weight is 355 g/mol. The summed E-state index contributed by atoms with van der Waals surface area (Å²) in [6.45, 7) is -0.688. The van der Waals surface area contributed by atoms with E-state index in [9.17, 15) is 13.6 Å². The summed E-state index contributed by atoms with van der Waals surface area (Å²) < 4.78 is 28.5. The monoisotopic (exact) mass is 354 g/mol. The number of benzene rings is 2. The van der Waals surface area contributed by atoms with E-state index in [-0.39, 0.29) is 17.8 Å². The smallest absolute Gasteiger partial charge is 0.387 e. The molecule has 0 aromatic heterocycles.